The number of carbonyl (C=O) groups excluding carboxylic acids is 1. The van der Waals surface area contributed by atoms with Crippen molar-refractivity contribution in [3.8, 4) is 11.8 Å². The second-order valence-electron chi connectivity index (χ2n) is 4.42. The lowest BCUT2D eigenvalue weighted by molar-refractivity contribution is -0.123. The second kappa shape index (κ2) is 5.05. The van der Waals surface area contributed by atoms with Crippen molar-refractivity contribution in [1.82, 2.24) is 0 Å². The number of halogens is 1. The SMILES string of the molecule is COc1ccc(N(C)C(=O)C(C)(C)C#N)cc1F. The van der Waals surface area contributed by atoms with E-state index >= 15 is 0 Å². The molecular weight excluding hydrogens is 235 g/mol. The van der Waals surface area contributed by atoms with Gasteiger partial charge in [-0.1, -0.05) is 0 Å². The molecule has 0 fully saturated rings. The number of hydrogen-bond acceptors (Lipinski definition) is 3. The molecule has 0 heterocycles. The highest BCUT2D eigenvalue weighted by atomic mass is 19.1. The maximum absolute atomic E-state index is 13.5. The van der Waals surface area contributed by atoms with Gasteiger partial charge in [0.25, 0.3) is 0 Å². The van der Waals surface area contributed by atoms with Crippen LogP contribution in [0.1, 0.15) is 13.8 Å². The fraction of sp³-hybridized carbons (Fsp3) is 0.385. The van der Waals surface area contributed by atoms with Crippen molar-refractivity contribution >= 4 is 11.6 Å². The summed E-state index contributed by atoms with van der Waals surface area (Å²) in [5.41, 5.74) is -0.771. The molecule has 0 spiro atoms. The average Bonchev–Trinajstić information content (AvgIpc) is 2.36. The van der Waals surface area contributed by atoms with Crippen LogP contribution < -0.4 is 9.64 Å². The first-order valence-corrected chi connectivity index (χ1v) is 5.36. The molecule has 0 aliphatic carbocycles. The monoisotopic (exact) mass is 250 g/mol. The van der Waals surface area contributed by atoms with Crippen LogP contribution in [0.2, 0.25) is 0 Å². The molecule has 0 atom stereocenters. The normalized spacial score (nSPS) is 10.7. The van der Waals surface area contributed by atoms with E-state index in [9.17, 15) is 9.18 Å². The van der Waals surface area contributed by atoms with E-state index in [-0.39, 0.29) is 5.75 Å². The van der Waals surface area contributed by atoms with Gasteiger partial charge in [-0.15, -0.1) is 0 Å². The van der Waals surface area contributed by atoms with Crippen LogP contribution in [0.3, 0.4) is 0 Å². The van der Waals surface area contributed by atoms with Crippen LogP contribution in [0.5, 0.6) is 5.75 Å². The lowest BCUT2D eigenvalue weighted by atomic mass is 9.94. The molecule has 1 aromatic carbocycles. The molecule has 4 nitrogen and oxygen atoms in total. The molecule has 0 aliphatic heterocycles. The third kappa shape index (κ3) is 2.59. The molecule has 5 heteroatoms. The summed E-state index contributed by atoms with van der Waals surface area (Å²) in [7, 11) is 2.87. The minimum Gasteiger partial charge on any atom is -0.494 e. The lowest BCUT2D eigenvalue weighted by Gasteiger charge is -2.24. The Kier molecular flexibility index (Phi) is 3.92. The van der Waals surface area contributed by atoms with Crippen molar-refractivity contribution in [2.24, 2.45) is 5.41 Å². The van der Waals surface area contributed by atoms with Gasteiger partial charge in [0, 0.05) is 18.8 Å². The third-order valence-electron chi connectivity index (χ3n) is 2.64. The Bertz CT molecular complexity index is 506. The molecule has 0 N–H and O–H groups in total. The van der Waals surface area contributed by atoms with E-state index in [1.807, 2.05) is 6.07 Å². The van der Waals surface area contributed by atoms with Crippen molar-refractivity contribution in [3.05, 3.63) is 24.0 Å². The highest BCUT2D eigenvalue weighted by Crippen LogP contribution is 2.26. The van der Waals surface area contributed by atoms with Crippen molar-refractivity contribution < 1.29 is 13.9 Å². The Labute approximate surface area is 106 Å². The number of hydrogen-bond donors (Lipinski definition) is 0. The summed E-state index contributed by atoms with van der Waals surface area (Å²) >= 11 is 0. The summed E-state index contributed by atoms with van der Waals surface area (Å²) in [5, 5.41) is 8.91. The van der Waals surface area contributed by atoms with Gasteiger partial charge in [-0.3, -0.25) is 4.79 Å². The van der Waals surface area contributed by atoms with Crippen molar-refractivity contribution in [3.63, 3.8) is 0 Å². The molecule has 1 rings (SSSR count). The molecule has 0 saturated carbocycles. The predicted octanol–water partition coefficient (Wildman–Crippen LogP) is 2.35. The standard InChI is InChI=1S/C13H15FN2O2/c1-13(2,8-15)12(17)16(3)9-5-6-11(18-4)10(14)7-9/h5-7H,1-4H3. The summed E-state index contributed by atoms with van der Waals surface area (Å²) in [5.74, 6) is -0.835. The third-order valence-corrected chi connectivity index (χ3v) is 2.64. The highest BCUT2D eigenvalue weighted by molar-refractivity contribution is 5.98. The van der Waals surface area contributed by atoms with Gasteiger partial charge < -0.3 is 9.64 Å². The van der Waals surface area contributed by atoms with E-state index < -0.39 is 17.1 Å². The number of amides is 1. The molecule has 0 aromatic heterocycles. The van der Waals surface area contributed by atoms with E-state index in [0.717, 1.165) is 0 Å². The zero-order valence-corrected chi connectivity index (χ0v) is 10.8. The molecule has 1 aromatic rings. The molecular formula is C13H15FN2O2. The number of nitriles is 1. The van der Waals surface area contributed by atoms with Crippen LogP contribution in [0, 0.1) is 22.6 Å². The Balaban J connectivity index is 3.06. The second-order valence-corrected chi connectivity index (χ2v) is 4.42. The van der Waals surface area contributed by atoms with Crippen LogP contribution in [0.4, 0.5) is 10.1 Å². The van der Waals surface area contributed by atoms with Crippen LogP contribution in [0.25, 0.3) is 0 Å². The molecule has 0 aliphatic rings. The van der Waals surface area contributed by atoms with Gasteiger partial charge in [0.05, 0.1) is 13.2 Å². The van der Waals surface area contributed by atoms with E-state index in [1.54, 1.807) is 6.07 Å². The van der Waals surface area contributed by atoms with Crippen molar-refractivity contribution in [2.45, 2.75) is 13.8 Å². The van der Waals surface area contributed by atoms with Crippen LogP contribution >= 0.6 is 0 Å². The first-order chi connectivity index (χ1) is 8.33. The summed E-state index contributed by atoms with van der Waals surface area (Å²) in [6, 6.07) is 6.12. The molecule has 18 heavy (non-hydrogen) atoms. The molecule has 0 bridgehead atoms. The summed E-state index contributed by atoms with van der Waals surface area (Å²) in [6.45, 7) is 3.04. The first kappa shape index (κ1) is 14.0. The maximum atomic E-state index is 13.5. The smallest absolute Gasteiger partial charge is 0.246 e. The van der Waals surface area contributed by atoms with Gasteiger partial charge in [-0.2, -0.15) is 5.26 Å². The Morgan fingerprint density at radius 1 is 1.50 bits per heavy atom. The number of rotatable bonds is 3. The van der Waals surface area contributed by atoms with Crippen LogP contribution in [-0.2, 0) is 4.79 Å². The van der Waals surface area contributed by atoms with Crippen molar-refractivity contribution in [2.75, 3.05) is 19.1 Å². The Morgan fingerprint density at radius 3 is 2.56 bits per heavy atom. The summed E-state index contributed by atoms with van der Waals surface area (Å²) < 4.78 is 18.3. The quantitative estimate of drug-likeness (QED) is 0.827. The predicted molar refractivity (Wildman–Crippen MR) is 65.8 cm³/mol. The largest absolute Gasteiger partial charge is 0.494 e. The van der Waals surface area contributed by atoms with E-state index in [4.69, 9.17) is 10.00 Å². The molecule has 0 saturated heterocycles. The summed E-state index contributed by atoms with van der Waals surface area (Å²) in [6.07, 6.45) is 0. The van der Waals surface area contributed by atoms with Gasteiger partial charge in [-0.25, -0.2) is 4.39 Å². The van der Waals surface area contributed by atoms with E-state index in [2.05, 4.69) is 0 Å². The fourth-order valence-corrected chi connectivity index (χ4v) is 1.45. The summed E-state index contributed by atoms with van der Waals surface area (Å²) in [4.78, 5) is 13.3. The lowest BCUT2D eigenvalue weighted by Crippen LogP contribution is -2.37. The minimum atomic E-state index is -1.15. The molecule has 1 amide bonds. The fourth-order valence-electron chi connectivity index (χ4n) is 1.45. The number of ether oxygens (including phenoxy) is 1. The average molecular weight is 250 g/mol. The van der Waals surface area contributed by atoms with E-state index in [0.29, 0.717) is 5.69 Å². The van der Waals surface area contributed by atoms with Crippen LogP contribution in [-0.4, -0.2) is 20.1 Å². The van der Waals surface area contributed by atoms with Gasteiger partial charge >= 0.3 is 0 Å². The number of benzene rings is 1. The van der Waals surface area contributed by atoms with E-state index in [1.165, 1.54) is 45.0 Å². The minimum absolute atomic E-state index is 0.110. The Morgan fingerprint density at radius 2 is 2.11 bits per heavy atom. The Hall–Kier alpha value is -2.09. The first-order valence-electron chi connectivity index (χ1n) is 5.36. The topological polar surface area (TPSA) is 53.3 Å². The van der Waals surface area contributed by atoms with Crippen LogP contribution in [0.15, 0.2) is 18.2 Å². The zero-order valence-electron chi connectivity index (χ0n) is 10.8. The molecule has 96 valence electrons. The number of nitrogens with zero attached hydrogens (tertiary/aromatic N) is 2. The number of anilines is 1. The van der Waals surface area contributed by atoms with Gasteiger partial charge in [0.2, 0.25) is 5.91 Å². The molecule has 0 unspecified atom stereocenters. The molecule has 0 radical (unpaired) electrons. The number of methoxy groups -OCH3 is 1. The highest BCUT2D eigenvalue weighted by Gasteiger charge is 2.31. The number of carbonyl (C=O) groups is 1. The van der Waals surface area contributed by atoms with Gasteiger partial charge in [0.15, 0.2) is 11.6 Å². The van der Waals surface area contributed by atoms with Crippen molar-refractivity contribution in [1.29, 1.82) is 5.26 Å². The van der Waals surface area contributed by atoms with Gasteiger partial charge in [0.1, 0.15) is 5.41 Å². The maximum Gasteiger partial charge on any atom is 0.246 e. The van der Waals surface area contributed by atoms with Gasteiger partial charge in [-0.05, 0) is 26.0 Å². The zero-order chi connectivity index (χ0) is 13.9.